The lowest BCUT2D eigenvalue weighted by molar-refractivity contribution is -0.136. The van der Waals surface area contributed by atoms with Crippen molar-refractivity contribution in [3.8, 4) is 5.75 Å². The summed E-state index contributed by atoms with van der Waals surface area (Å²) in [5, 5.41) is 6.20. The third kappa shape index (κ3) is 6.84. The van der Waals surface area contributed by atoms with E-state index in [4.69, 9.17) is 4.74 Å². The summed E-state index contributed by atoms with van der Waals surface area (Å²) < 4.78 is 6.21. The van der Waals surface area contributed by atoms with E-state index in [-0.39, 0.29) is 24.9 Å². The van der Waals surface area contributed by atoms with Crippen molar-refractivity contribution < 1.29 is 28.7 Å². The van der Waals surface area contributed by atoms with Crippen LogP contribution in [-0.2, 0) is 9.59 Å². The van der Waals surface area contributed by atoms with Crippen LogP contribution in [0.1, 0.15) is 81.3 Å². The molecule has 2 atom stereocenters. The quantitative estimate of drug-likeness (QED) is 0.214. The number of ether oxygens (including phenoxy) is 1. The number of hydrogen-bond acceptors (Lipinski definition) is 10. The van der Waals surface area contributed by atoms with Gasteiger partial charge in [-0.1, -0.05) is 0 Å². The van der Waals surface area contributed by atoms with Gasteiger partial charge in [0.05, 0.1) is 16.6 Å². The summed E-state index contributed by atoms with van der Waals surface area (Å²) in [7, 11) is 2.15. The molecule has 0 radical (unpaired) electrons. The van der Waals surface area contributed by atoms with Gasteiger partial charge in [0, 0.05) is 79.8 Å². The fourth-order valence-corrected chi connectivity index (χ4v) is 8.81. The van der Waals surface area contributed by atoms with Crippen molar-refractivity contribution in [2.45, 2.75) is 56.7 Å². The van der Waals surface area contributed by atoms with Crippen LogP contribution in [0, 0.1) is 5.92 Å². The maximum Gasteiger partial charge on any atom is 0.262 e. The summed E-state index contributed by atoms with van der Waals surface area (Å²) in [6.45, 7) is 5.46. The van der Waals surface area contributed by atoms with E-state index in [0.717, 1.165) is 85.8 Å². The normalized spacial score (nSPS) is 22.6. The maximum absolute atomic E-state index is 13.3. The molecule has 2 aromatic heterocycles. The highest BCUT2D eigenvalue weighted by Crippen LogP contribution is 2.34. The molecule has 14 heteroatoms. The highest BCUT2D eigenvalue weighted by molar-refractivity contribution is 6.23. The lowest BCUT2D eigenvalue weighted by atomic mass is 9.94. The average molecular weight is 745 g/mol. The van der Waals surface area contributed by atoms with Crippen LogP contribution in [0.3, 0.4) is 0 Å². The van der Waals surface area contributed by atoms with Crippen LogP contribution >= 0.6 is 0 Å². The van der Waals surface area contributed by atoms with Crippen LogP contribution in [0.2, 0.25) is 0 Å². The van der Waals surface area contributed by atoms with Crippen LogP contribution in [-0.4, -0.2) is 113 Å². The molecule has 4 aromatic rings. The Morgan fingerprint density at radius 2 is 1.67 bits per heavy atom. The number of piperidine rings is 2. The average Bonchev–Trinajstić information content (AvgIpc) is 3.86. The summed E-state index contributed by atoms with van der Waals surface area (Å²) in [4.78, 5) is 79.4. The standard InChI is InChI=1S/C41H44N8O6/c1-46-14-2-3-34(46)33-17-26-20-42-36(19-32(26)43-33)44-38(51)25-4-7-28(8-5-25)55-29-22-47(23-29)21-24-12-15-48(16-13-24)27-6-9-30-31(18-27)41(54)49(40(30)53)35-10-11-37(50)45-39(35)52/h4-9,17-20,24,29,34-35,43H,2-3,10-16,21-23H2,1H3,(H,42,44,51)(H,45,50,52)/t34-,35?/m1/s1. The number of aromatic amines is 1. The molecule has 284 valence electrons. The monoisotopic (exact) mass is 744 g/mol. The molecule has 1 unspecified atom stereocenters. The Bertz CT molecular complexity index is 2190. The van der Waals surface area contributed by atoms with Gasteiger partial charge in [0.2, 0.25) is 11.8 Å². The molecule has 0 spiro atoms. The van der Waals surface area contributed by atoms with Crippen molar-refractivity contribution in [1.82, 2.24) is 30.0 Å². The zero-order valence-electron chi connectivity index (χ0n) is 30.8. The number of carbonyl (C=O) groups excluding carboxylic acids is 5. The molecule has 0 bridgehead atoms. The van der Waals surface area contributed by atoms with Crippen LogP contribution in [0.15, 0.2) is 60.8 Å². The number of aromatic nitrogens is 2. The van der Waals surface area contributed by atoms with E-state index >= 15 is 0 Å². The molecule has 7 heterocycles. The number of likely N-dealkylation sites (tertiary alicyclic amines) is 2. The van der Waals surface area contributed by atoms with Gasteiger partial charge in [0.15, 0.2) is 0 Å². The lowest BCUT2D eigenvalue weighted by Gasteiger charge is -2.42. The van der Waals surface area contributed by atoms with Crippen LogP contribution in [0.4, 0.5) is 11.5 Å². The third-order valence-corrected chi connectivity index (χ3v) is 11.9. The second-order valence-corrected chi connectivity index (χ2v) is 15.6. The first kappa shape index (κ1) is 35.1. The fourth-order valence-electron chi connectivity index (χ4n) is 8.81. The van der Waals surface area contributed by atoms with E-state index in [9.17, 15) is 24.0 Å². The number of pyridine rings is 1. The molecule has 0 aliphatic carbocycles. The summed E-state index contributed by atoms with van der Waals surface area (Å²) in [6.07, 6.45) is 6.46. The summed E-state index contributed by atoms with van der Waals surface area (Å²) in [5.41, 5.74) is 4.17. The van der Waals surface area contributed by atoms with E-state index in [1.165, 1.54) is 12.1 Å². The number of nitrogens with one attached hydrogen (secondary N) is 3. The molecule has 5 amide bonds. The number of imide groups is 2. The number of H-pyrrole nitrogens is 1. The van der Waals surface area contributed by atoms with Crippen molar-refractivity contribution in [3.63, 3.8) is 0 Å². The predicted molar refractivity (Wildman–Crippen MR) is 204 cm³/mol. The first-order valence-corrected chi connectivity index (χ1v) is 19.3. The van der Waals surface area contributed by atoms with Gasteiger partial charge in [0.25, 0.3) is 17.7 Å². The molecule has 0 saturated carbocycles. The molecule has 4 fully saturated rings. The Labute approximate surface area is 318 Å². The SMILES string of the molecule is CN1CCC[C@@H]1c1cc2cnc(NC(=O)c3ccc(OC4CN(CC5CCN(c6ccc7c(c6)C(=O)N(C6CCC(=O)NC6=O)C7=O)CC5)C4)cc3)cc2[nH]1. The first-order valence-electron chi connectivity index (χ1n) is 19.3. The molecule has 2 aromatic carbocycles. The van der Waals surface area contributed by atoms with E-state index in [1.807, 2.05) is 24.3 Å². The van der Waals surface area contributed by atoms with Gasteiger partial charge in [-0.3, -0.25) is 44.0 Å². The molecule has 5 aliphatic rings. The number of fused-ring (bicyclic) bond motifs is 2. The Morgan fingerprint density at radius 1 is 0.891 bits per heavy atom. The number of hydrogen-bond donors (Lipinski definition) is 3. The molecule has 14 nitrogen and oxygen atoms in total. The molecule has 4 saturated heterocycles. The molecular weight excluding hydrogens is 701 g/mol. The van der Waals surface area contributed by atoms with Crippen molar-refractivity contribution in [2.24, 2.45) is 5.92 Å². The minimum atomic E-state index is -0.970. The zero-order chi connectivity index (χ0) is 37.8. The van der Waals surface area contributed by atoms with Crippen LogP contribution in [0.5, 0.6) is 5.75 Å². The molecule has 55 heavy (non-hydrogen) atoms. The second-order valence-electron chi connectivity index (χ2n) is 15.6. The largest absolute Gasteiger partial charge is 0.488 e. The van der Waals surface area contributed by atoms with Crippen molar-refractivity contribution in [3.05, 3.63) is 83.2 Å². The minimum Gasteiger partial charge on any atom is -0.488 e. The highest BCUT2D eigenvalue weighted by atomic mass is 16.5. The molecule has 3 N–H and O–H groups in total. The third-order valence-electron chi connectivity index (χ3n) is 11.9. The number of benzene rings is 2. The van der Waals surface area contributed by atoms with Gasteiger partial charge in [0.1, 0.15) is 23.7 Å². The Morgan fingerprint density at radius 3 is 2.42 bits per heavy atom. The van der Waals surface area contributed by atoms with Crippen molar-refractivity contribution >= 4 is 51.9 Å². The van der Waals surface area contributed by atoms with Gasteiger partial charge in [-0.05, 0) is 100 Å². The van der Waals surface area contributed by atoms with Gasteiger partial charge >= 0.3 is 0 Å². The van der Waals surface area contributed by atoms with E-state index in [1.54, 1.807) is 30.5 Å². The number of rotatable bonds is 9. The zero-order valence-corrected chi connectivity index (χ0v) is 30.8. The summed E-state index contributed by atoms with van der Waals surface area (Å²) in [5.74, 6) is -0.415. The molecular formula is C41H44N8O6. The Kier molecular flexibility index (Phi) is 9.09. The topological polar surface area (TPSA) is 160 Å². The second kappa shape index (κ2) is 14.2. The first-order chi connectivity index (χ1) is 26.7. The van der Waals surface area contributed by atoms with Gasteiger partial charge < -0.3 is 19.9 Å². The van der Waals surface area contributed by atoms with Gasteiger partial charge in [-0.2, -0.15) is 0 Å². The Balaban J connectivity index is 0.719. The lowest BCUT2D eigenvalue weighted by Crippen LogP contribution is -2.55. The van der Waals surface area contributed by atoms with E-state index < -0.39 is 29.7 Å². The predicted octanol–water partition coefficient (Wildman–Crippen LogP) is 3.96. The number of nitrogens with zero attached hydrogens (tertiary/aromatic N) is 5. The van der Waals surface area contributed by atoms with Crippen molar-refractivity contribution in [1.29, 1.82) is 0 Å². The van der Waals surface area contributed by atoms with Gasteiger partial charge in [-0.25, -0.2) is 4.98 Å². The van der Waals surface area contributed by atoms with E-state index in [0.29, 0.717) is 34.5 Å². The maximum atomic E-state index is 13.3. The van der Waals surface area contributed by atoms with Crippen LogP contribution < -0.4 is 20.3 Å². The molecule has 5 aliphatic heterocycles. The fraction of sp³-hybridized carbons (Fsp3) is 0.415. The van der Waals surface area contributed by atoms with Crippen LogP contribution in [0.25, 0.3) is 10.9 Å². The minimum absolute atomic E-state index is 0.0936. The number of anilines is 2. The highest BCUT2D eigenvalue weighted by Gasteiger charge is 2.45. The van der Waals surface area contributed by atoms with Gasteiger partial charge in [-0.15, -0.1) is 0 Å². The number of carbonyl (C=O) groups is 5. The smallest absolute Gasteiger partial charge is 0.262 e. The van der Waals surface area contributed by atoms with E-state index in [2.05, 4.69) is 48.4 Å². The molecule has 9 rings (SSSR count). The number of amides is 5. The Hall–Kier alpha value is -5.60. The summed E-state index contributed by atoms with van der Waals surface area (Å²) >= 11 is 0. The summed E-state index contributed by atoms with van der Waals surface area (Å²) in [6, 6.07) is 16.0. The van der Waals surface area contributed by atoms with Crippen molar-refractivity contribution in [2.75, 3.05) is 56.5 Å².